The summed E-state index contributed by atoms with van der Waals surface area (Å²) in [6.45, 7) is 1.49. The van der Waals surface area contributed by atoms with Crippen molar-refractivity contribution in [3.05, 3.63) is 28.5 Å². The second kappa shape index (κ2) is 5.00. The Labute approximate surface area is 90.0 Å². The quantitative estimate of drug-likeness (QED) is 0.765. The van der Waals surface area contributed by atoms with Crippen LogP contribution in [0, 0.1) is 5.82 Å². The standard InChI is InChI=1S/C10H9BrFNO/c1-7(14)4-5-13-10-3-2-8(12)6-9(10)11/h2-3,5-6H,4H2,1H3. The number of halogens is 2. The fraction of sp³-hybridized carbons (Fsp3) is 0.200. The molecule has 74 valence electrons. The van der Waals surface area contributed by atoms with E-state index in [0.29, 0.717) is 16.6 Å². The smallest absolute Gasteiger partial charge is 0.135 e. The maximum absolute atomic E-state index is 12.7. The lowest BCUT2D eigenvalue weighted by molar-refractivity contribution is -0.115. The molecule has 0 fully saturated rings. The highest BCUT2D eigenvalue weighted by molar-refractivity contribution is 9.10. The summed E-state index contributed by atoms with van der Waals surface area (Å²) in [6.07, 6.45) is 1.81. The average molecular weight is 258 g/mol. The Hall–Kier alpha value is -1.03. The van der Waals surface area contributed by atoms with Crippen LogP contribution in [0.1, 0.15) is 13.3 Å². The molecule has 0 aliphatic rings. The summed E-state index contributed by atoms with van der Waals surface area (Å²) >= 11 is 3.18. The van der Waals surface area contributed by atoms with E-state index in [2.05, 4.69) is 20.9 Å². The van der Waals surface area contributed by atoms with Crippen molar-refractivity contribution in [2.75, 3.05) is 0 Å². The average Bonchev–Trinajstić information content (AvgIpc) is 2.08. The van der Waals surface area contributed by atoms with Gasteiger partial charge in [-0.15, -0.1) is 0 Å². The number of Topliss-reactive ketones (excluding diaryl/α,β-unsaturated/α-hetero) is 1. The zero-order valence-electron chi connectivity index (χ0n) is 7.63. The summed E-state index contributed by atoms with van der Waals surface area (Å²) in [7, 11) is 0. The first-order chi connectivity index (χ1) is 6.59. The Morgan fingerprint density at radius 2 is 2.36 bits per heavy atom. The van der Waals surface area contributed by atoms with Gasteiger partial charge in [0.1, 0.15) is 11.6 Å². The molecular formula is C10H9BrFNO. The van der Waals surface area contributed by atoms with E-state index in [1.165, 1.54) is 25.3 Å². The molecular weight excluding hydrogens is 249 g/mol. The normalized spacial score (nSPS) is 10.8. The van der Waals surface area contributed by atoms with Crippen LogP contribution in [0.5, 0.6) is 0 Å². The molecule has 2 nitrogen and oxygen atoms in total. The molecule has 1 aromatic rings. The van der Waals surface area contributed by atoms with Gasteiger partial charge in [-0.1, -0.05) is 0 Å². The largest absolute Gasteiger partial charge is 0.300 e. The first-order valence-corrected chi connectivity index (χ1v) is 4.86. The Balaban J connectivity index is 2.76. The number of carbonyl (C=O) groups excluding carboxylic acids is 1. The zero-order valence-corrected chi connectivity index (χ0v) is 9.21. The molecule has 0 amide bonds. The number of hydrogen-bond acceptors (Lipinski definition) is 2. The highest BCUT2D eigenvalue weighted by Gasteiger charge is 1.98. The Bertz CT molecular complexity index is 376. The van der Waals surface area contributed by atoms with Gasteiger partial charge in [0.25, 0.3) is 0 Å². The van der Waals surface area contributed by atoms with Gasteiger partial charge in [0.2, 0.25) is 0 Å². The van der Waals surface area contributed by atoms with Crippen LogP contribution in [-0.4, -0.2) is 12.0 Å². The highest BCUT2D eigenvalue weighted by Crippen LogP contribution is 2.25. The Morgan fingerprint density at radius 1 is 1.64 bits per heavy atom. The molecule has 0 aromatic heterocycles. The Morgan fingerprint density at radius 3 is 2.93 bits per heavy atom. The van der Waals surface area contributed by atoms with Gasteiger partial charge in [-0.3, -0.25) is 9.79 Å². The van der Waals surface area contributed by atoms with Gasteiger partial charge >= 0.3 is 0 Å². The number of carbonyl (C=O) groups is 1. The zero-order chi connectivity index (χ0) is 10.6. The number of ketones is 1. The van der Waals surface area contributed by atoms with E-state index in [1.54, 1.807) is 6.07 Å². The van der Waals surface area contributed by atoms with Crippen molar-refractivity contribution >= 4 is 33.6 Å². The number of benzene rings is 1. The fourth-order valence-corrected chi connectivity index (χ4v) is 1.31. The molecule has 1 aromatic carbocycles. The molecule has 14 heavy (non-hydrogen) atoms. The van der Waals surface area contributed by atoms with Gasteiger partial charge in [-0.05, 0) is 41.1 Å². The van der Waals surface area contributed by atoms with Crippen LogP contribution >= 0.6 is 15.9 Å². The van der Waals surface area contributed by atoms with E-state index in [-0.39, 0.29) is 11.6 Å². The lowest BCUT2D eigenvalue weighted by Gasteiger charge is -1.97. The summed E-state index contributed by atoms with van der Waals surface area (Å²) in [5.74, 6) is -0.269. The lowest BCUT2D eigenvalue weighted by Crippen LogP contribution is -1.88. The molecule has 0 N–H and O–H groups in total. The second-order valence-electron chi connectivity index (χ2n) is 2.81. The third-order valence-electron chi connectivity index (χ3n) is 1.52. The van der Waals surface area contributed by atoms with Crippen LogP contribution in [-0.2, 0) is 4.79 Å². The van der Waals surface area contributed by atoms with E-state index in [1.807, 2.05) is 0 Å². The van der Waals surface area contributed by atoms with E-state index in [9.17, 15) is 9.18 Å². The third kappa shape index (κ3) is 3.38. The van der Waals surface area contributed by atoms with Gasteiger partial charge in [-0.25, -0.2) is 4.39 Å². The monoisotopic (exact) mass is 257 g/mol. The molecule has 0 heterocycles. The van der Waals surface area contributed by atoms with Gasteiger partial charge < -0.3 is 0 Å². The third-order valence-corrected chi connectivity index (χ3v) is 2.15. The summed E-state index contributed by atoms with van der Waals surface area (Å²) in [5.41, 5.74) is 0.618. The minimum atomic E-state index is -0.317. The van der Waals surface area contributed by atoms with Gasteiger partial charge in [0.05, 0.1) is 5.69 Å². The van der Waals surface area contributed by atoms with Crippen molar-refractivity contribution in [3.63, 3.8) is 0 Å². The van der Waals surface area contributed by atoms with Crippen LogP contribution in [0.2, 0.25) is 0 Å². The van der Waals surface area contributed by atoms with Crippen LogP contribution in [0.15, 0.2) is 27.7 Å². The molecule has 0 spiro atoms. The van der Waals surface area contributed by atoms with Crippen molar-refractivity contribution in [1.29, 1.82) is 0 Å². The van der Waals surface area contributed by atoms with Gasteiger partial charge in [0.15, 0.2) is 0 Å². The van der Waals surface area contributed by atoms with Crippen LogP contribution < -0.4 is 0 Å². The molecule has 0 aliphatic heterocycles. The van der Waals surface area contributed by atoms with E-state index in [4.69, 9.17) is 0 Å². The van der Waals surface area contributed by atoms with Crippen LogP contribution in [0.4, 0.5) is 10.1 Å². The van der Waals surface area contributed by atoms with Crippen molar-refractivity contribution in [1.82, 2.24) is 0 Å². The van der Waals surface area contributed by atoms with Crippen molar-refractivity contribution in [3.8, 4) is 0 Å². The number of nitrogens with zero attached hydrogens (tertiary/aromatic N) is 1. The van der Waals surface area contributed by atoms with Gasteiger partial charge in [0, 0.05) is 17.1 Å². The van der Waals surface area contributed by atoms with Crippen LogP contribution in [0.3, 0.4) is 0 Å². The molecule has 4 heteroatoms. The maximum atomic E-state index is 12.7. The van der Waals surface area contributed by atoms with Crippen molar-refractivity contribution in [2.45, 2.75) is 13.3 Å². The van der Waals surface area contributed by atoms with Crippen molar-refractivity contribution in [2.24, 2.45) is 4.99 Å². The summed E-state index contributed by atoms with van der Waals surface area (Å²) < 4.78 is 13.2. The molecule has 0 saturated carbocycles. The van der Waals surface area contributed by atoms with Crippen molar-refractivity contribution < 1.29 is 9.18 Å². The minimum absolute atomic E-state index is 0.0481. The number of hydrogen-bond donors (Lipinski definition) is 0. The predicted octanol–water partition coefficient (Wildman–Crippen LogP) is 3.27. The Kier molecular flexibility index (Phi) is 3.95. The molecule has 0 bridgehead atoms. The molecule has 1 rings (SSSR count). The van der Waals surface area contributed by atoms with E-state index in [0.717, 1.165) is 0 Å². The highest BCUT2D eigenvalue weighted by atomic mass is 79.9. The second-order valence-corrected chi connectivity index (χ2v) is 3.67. The summed E-state index contributed by atoms with van der Waals surface area (Å²) in [4.78, 5) is 14.6. The summed E-state index contributed by atoms with van der Waals surface area (Å²) in [5, 5.41) is 0. The molecule has 0 unspecified atom stereocenters. The first kappa shape index (κ1) is 11.0. The van der Waals surface area contributed by atoms with Gasteiger partial charge in [-0.2, -0.15) is 0 Å². The predicted molar refractivity (Wildman–Crippen MR) is 57.6 cm³/mol. The number of aliphatic imine (C=N–C) groups is 1. The van der Waals surface area contributed by atoms with E-state index < -0.39 is 0 Å². The SMILES string of the molecule is CC(=O)CC=Nc1ccc(F)cc1Br. The van der Waals surface area contributed by atoms with E-state index >= 15 is 0 Å². The molecule has 0 atom stereocenters. The lowest BCUT2D eigenvalue weighted by atomic mass is 10.3. The number of rotatable bonds is 3. The molecule has 0 radical (unpaired) electrons. The fourth-order valence-electron chi connectivity index (χ4n) is 0.859. The maximum Gasteiger partial charge on any atom is 0.135 e. The minimum Gasteiger partial charge on any atom is -0.300 e. The molecule has 0 saturated heterocycles. The first-order valence-electron chi connectivity index (χ1n) is 4.06. The molecule has 0 aliphatic carbocycles. The van der Waals surface area contributed by atoms with Crippen LogP contribution in [0.25, 0.3) is 0 Å². The topological polar surface area (TPSA) is 29.4 Å². The summed E-state index contributed by atoms with van der Waals surface area (Å²) in [6, 6.07) is 4.21.